The zero-order chi connectivity index (χ0) is 11.1. The average Bonchev–Trinajstić information content (AvgIpc) is 2.59. The molecule has 0 atom stereocenters. The Morgan fingerprint density at radius 3 is 2.53 bits per heavy atom. The maximum absolute atomic E-state index is 13.4. The smallest absolute Gasteiger partial charge is 0.143 e. The van der Waals surface area contributed by atoms with Gasteiger partial charge in [0.15, 0.2) is 0 Å². The summed E-state index contributed by atoms with van der Waals surface area (Å²) in [7, 11) is 0. The molecule has 0 heterocycles. The van der Waals surface area contributed by atoms with Gasteiger partial charge >= 0.3 is 0 Å². The molecule has 1 fully saturated rings. The van der Waals surface area contributed by atoms with E-state index in [-0.39, 0.29) is 5.02 Å². The number of hydrogen-bond donors (Lipinski definition) is 1. The molecule has 15 heavy (non-hydrogen) atoms. The molecule has 0 radical (unpaired) electrons. The van der Waals surface area contributed by atoms with Crippen molar-refractivity contribution in [1.82, 2.24) is 0 Å². The van der Waals surface area contributed by atoms with Crippen molar-refractivity contribution in [3.8, 4) is 0 Å². The molecule has 1 aromatic rings. The minimum atomic E-state index is -0.443. The normalized spacial score (nSPS) is 19.5. The van der Waals surface area contributed by atoms with E-state index in [4.69, 9.17) is 17.3 Å². The summed E-state index contributed by atoms with van der Waals surface area (Å²) in [5.74, 6) is -0.405. The van der Waals surface area contributed by atoms with Crippen molar-refractivity contribution in [1.29, 1.82) is 0 Å². The van der Waals surface area contributed by atoms with Gasteiger partial charge in [0.25, 0.3) is 0 Å². The van der Waals surface area contributed by atoms with E-state index in [0.717, 1.165) is 31.2 Å². The van der Waals surface area contributed by atoms with Crippen molar-refractivity contribution in [2.24, 2.45) is 5.73 Å². The van der Waals surface area contributed by atoms with Crippen LogP contribution in [0, 0.1) is 5.82 Å². The molecule has 1 nitrogen and oxygen atoms in total. The van der Waals surface area contributed by atoms with E-state index in [1.54, 1.807) is 0 Å². The number of rotatable bonds is 1. The van der Waals surface area contributed by atoms with Crippen molar-refractivity contribution in [2.45, 2.75) is 31.2 Å². The van der Waals surface area contributed by atoms with Crippen molar-refractivity contribution in [3.63, 3.8) is 0 Å². The molecule has 1 aliphatic carbocycles. The summed E-state index contributed by atoms with van der Waals surface area (Å²) in [6.45, 7) is 0. The van der Waals surface area contributed by atoms with E-state index < -0.39 is 11.4 Å². The van der Waals surface area contributed by atoms with Crippen LogP contribution in [0.5, 0.6) is 0 Å². The lowest BCUT2D eigenvalue weighted by Gasteiger charge is -2.25. The second-order valence-corrected chi connectivity index (χ2v) is 5.41. The molecule has 2 N–H and O–H groups in total. The monoisotopic (exact) mass is 291 g/mol. The Morgan fingerprint density at radius 1 is 1.33 bits per heavy atom. The van der Waals surface area contributed by atoms with Crippen molar-refractivity contribution in [2.75, 3.05) is 0 Å². The molecule has 4 heteroatoms. The molecular weight excluding hydrogens is 280 g/mol. The first-order chi connectivity index (χ1) is 7.03. The Kier molecular flexibility index (Phi) is 3.06. The molecule has 1 aromatic carbocycles. The highest BCUT2D eigenvalue weighted by Crippen LogP contribution is 2.41. The fourth-order valence-corrected chi connectivity index (χ4v) is 2.92. The van der Waals surface area contributed by atoms with E-state index in [9.17, 15) is 4.39 Å². The molecule has 1 aliphatic rings. The number of benzene rings is 1. The number of hydrogen-bond acceptors (Lipinski definition) is 1. The van der Waals surface area contributed by atoms with Crippen molar-refractivity contribution in [3.05, 3.63) is 33.0 Å². The maximum atomic E-state index is 13.4. The van der Waals surface area contributed by atoms with Gasteiger partial charge in [-0.1, -0.05) is 40.4 Å². The fourth-order valence-electron chi connectivity index (χ4n) is 2.19. The molecule has 0 aromatic heterocycles. The molecule has 0 amide bonds. The molecule has 1 saturated carbocycles. The third-order valence-electron chi connectivity index (χ3n) is 3.03. The first-order valence-electron chi connectivity index (χ1n) is 4.97. The Bertz CT molecular complexity index is 388. The summed E-state index contributed by atoms with van der Waals surface area (Å²) in [5, 5.41) is 0.169. The summed E-state index contributed by atoms with van der Waals surface area (Å²) >= 11 is 9.22. The quantitative estimate of drug-likeness (QED) is 0.779. The SMILES string of the molecule is NC1(c2cc(Br)cc(F)c2Cl)CCCC1. The topological polar surface area (TPSA) is 26.0 Å². The van der Waals surface area contributed by atoms with Crippen LogP contribution in [0.3, 0.4) is 0 Å². The van der Waals surface area contributed by atoms with Crippen LogP contribution in [-0.4, -0.2) is 0 Å². The van der Waals surface area contributed by atoms with Crippen LogP contribution in [0.1, 0.15) is 31.2 Å². The van der Waals surface area contributed by atoms with Gasteiger partial charge in [-0.25, -0.2) is 4.39 Å². The second-order valence-electron chi connectivity index (χ2n) is 4.11. The average molecular weight is 293 g/mol. The van der Waals surface area contributed by atoms with Gasteiger partial charge in [0, 0.05) is 10.0 Å². The lowest BCUT2D eigenvalue weighted by Crippen LogP contribution is -2.33. The van der Waals surface area contributed by atoms with E-state index in [2.05, 4.69) is 15.9 Å². The zero-order valence-corrected chi connectivity index (χ0v) is 10.5. The molecule has 0 unspecified atom stereocenters. The minimum absolute atomic E-state index is 0.169. The third kappa shape index (κ3) is 2.05. The standard InChI is InChI=1S/C11H12BrClFN/c12-7-5-8(10(13)9(14)6-7)11(15)3-1-2-4-11/h5-6H,1-4,15H2. The summed E-state index contributed by atoms with van der Waals surface area (Å²) in [4.78, 5) is 0. The summed E-state index contributed by atoms with van der Waals surface area (Å²) < 4.78 is 14.1. The largest absolute Gasteiger partial charge is 0.321 e. The first kappa shape index (κ1) is 11.4. The van der Waals surface area contributed by atoms with Crippen molar-refractivity contribution >= 4 is 27.5 Å². The lowest BCUT2D eigenvalue weighted by atomic mass is 9.89. The Labute approximate surface area is 102 Å². The Balaban J connectivity index is 2.51. The van der Waals surface area contributed by atoms with Gasteiger partial charge in [0.2, 0.25) is 0 Å². The summed E-state index contributed by atoms with van der Waals surface area (Å²) in [6, 6.07) is 3.20. The van der Waals surface area contributed by atoms with Crippen LogP contribution >= 0.6 is 27.5 Å². The summed E-state index contributed by atoms with van der Waals surface area (Å²) in [6.07, 6.45) is 3.92. The van der Waals surface area contributed by atoms with Crippen LogP contribution in [0.25, 0.3) is 0 Å². The molecule has 0 saturated heterocycles. The van der Waals surface area contributed by atoms with Gasteiger partial charge in [-0.3, -0.25) is 0 Å². The second kappa shape index (κ2) is 4.04. The van der Waals surface area contributed by atoms with E-state index >= 15 is 0 Å². The number of halogens is 3. The molecule has 0 aliphatic heterocycles. The van der Waals surface area contributed by atoms with Crippen molar-refractivity contribution < 1.29 is 4.39 Å². The van der Waals surface area contributed by atoms with E-state index in [0.29, 0.717) is 4.47 Å². The van der Waals surface area contributed by atoms with Gasteiger partial charge in [0.05, 0.1) is 5.02 Å². The number of nitrogens with two attached hydrogens (primary N) is 1. The molecule has 0 bridgehead atoms. The molecule has 2 rings (SSSR count). The minimum Gasteiger partial charge on any atom is -0.321 e. The highest BCUT2D eigenvalue weighted by molar-refractivity contribution is 9.10. The Morgan fingerprint density at radius 2 is 1.93 bits per heavy atom. The fraction of sp³-hybridized carbons (Fsp3) is 0.455. The molecule has 0 spiro atoms. The zero-order valence-electron chi connectivity index (χ0n) is 8.19. The highest BCUT2D eigenvalue weighted by Gasteiger charge is 2.34. The van der Waals surface area contributed by atoms with Gasteiger partial charge in [0.1, 0.15) is 5.82 Å². The van der Waals surface area contributed by atoms with E-state index in [1.165, 1.54) is 6.07 Å². The van der Waals surface area contributed by atoms with Gasteiger partial charge in [-0.05, 0) is 30.5 Å². The van der Waals surface area contributed by atoms with Gasteiger partial charge in [-0.15, -0.1) is 0 Å². The lowest BCUT2D eigenvalue weighted by molar-refractivity contribution is 0.458. The van der Waals surface area contributed by atoms with E-state index in [1.807, 2.05) is 6.07 Å². The predicted octanol–water partition coefficient (Wildman–Crippen LogP) is 3.97. The third-order valence-corrected chi connectivity index (χ3v) is 3.87. The molecule has 82 valence electrons. The predicted molar refractivity (Wildman–Crippen MR) is 63.4 cm³/mol. The summed E-state index contributed by atoms with van der Waals surface area (Å²) in [5.41, 5.74) is 6.53. The first-order valence-corrected chi connectivity index (χ1v) is 6.14. The van der Waals surface area contributed by atoms with Crippen LogP contribution < -0.4 is 5.73 Å². The van der Waals surface area contributed by atoms with Crippen LogP contribution in [-0.2, 0) is 5.54 Å². The van der Waals surface area contributed by atoms with Crippen LogP contribution in [0.2, 0.25) is 5.02 Å². The van der Waals surface area contributed by atoms with Gasteiger partial charge in [-0.2, -0.15) is 0 Å². The van der Waals surface area contributed by atoms with Crippen LogP contribution in [0.15, 0.2) is 16.6 Å². The van der Waals surface area contributed by atoms with Gasteiger partial charge < -0.3 is 5.73 Å². The Hall–Kier alpha value is -0.120. The highest BCUT2D eigenvalue weighted by atomic mass is 79.9. The maximum Gasteiger partial charge on any atom is 0.143 e. The van der Waals surface area contributed by atoms with Crippen LogP contribution in [0.4, 0.5) is 4.39 Å². The molecular formula is C11H12BrClFN.